The van der Waals surface area contributed by atoms with Crippen LogP contribution in [0.1, 0.15) is 36.3 Å². The number of aliphatic carboxylic acids is 1. The highest BCUT2D eigenvalue weighted by Gasteiger charge is 2.39. The van der Waals surface area contributed by atoms with Crippen molar-refractivity contribution in [1.29, 1.82) is 0 Å². The third kappa shape index (κ3) is 3.45. The molecule has 1 aromatic carbocycles. The predicted molar refractivity (Wildman–Crippen MR) is 72.3 cm³/mol. The van der Waals surface area contributed by atoms with Gasteiger partial charge in [-0.05, 0) is 42.4 Å². The van der Waals surface area contributed by atoms with Gasteiger partial charge in [0.15, 0.2) is 11.5 Å². The van der Waals surface area contributed by atoms with Gasteiger partial charge in [-0.25, -0.2) is 0 Å². The number of ether oxygens (including phenoxy) is 2. The Morgan fingerprint density at radius 1 is 1.32 bits per heavy atom. The van der Waals surface area contributed by atoms with Crippen molar-refractivity contribution in [1.82, 2.24) is 0 Å². The van der Waals surface area contributed by atoms with E-state index in [1.54, 1.807) is 0 Å². The summed E-state index contributed by atoms with van der Waals surface area (Å²) in [5.74, 6) is -1.79. The van der Waals surface area contributed by atoms with Crippen molar-refractivity contribution in [3.63, 3.8) is 0 Å². The molecular weight excluding hydrogens is 301 g/mol. The summed E-state index contributed by atoms with van der Waals surface area (Å²) >= 11 is 0. The Hall–Kier alpha value is -1.92. The number of hydrogen-bond donors (Lipinski definition) is 1. The molecule has 7 heteroatoms. The number of carbonyl (C=O) groups is 1. The summed E-state index contributed by atoms with van der Waals surface area (Å²) in [6.07, 6.45) is -3.15. The van der Waals surface area contributed by atoms with Gasteiger partial charge in [-0.3, -0.25) is 4.79 Å². The molecule has 2 rings (SSSR count). The molecule has 1 aromatic rings. The molecule has 0 aromatic heterocycles. The lowest BCUT2D eigenvalue weighted by Gasteiger charge is -2.21. The zero-order valence-electron chi connectivity index (χ0n) is 12.2. The molecule has 4 nitrogen and oxygen atoms in total. The van der Waals surface area contributed by atoms with Crippen molar-refractivity contribution in [2.24, 2.45) is 5.92 Å². The van der Waals surface area contributed by atoms with E-state index in [1.165, 1.54) is 13.2 Å². The number of methoxy groups -OCH3 is 2. The summed E-state index contributed by atoms with van der Waals surface area (Å²) in [6, 6.07) is 2.42. The first kappa shape index (κ1) is 16.5. The summed E-state index contributed by atoms with van der Waals surface area (Å²) in [6.45, 7) is 0. The third-order valence-electron chi connectivity index (χ3n) is 3.82. The van der Waals surface area contributed by atoms with Crippen LogP contribution in [0.4, 0.5) is 13.2 Å². The van der Waals surface area contributed by atoms with Crippen LogP contribution in [0.15, 0.2) is 12.1 Å². The number of carboxylic acids is 1. The molecular formula is C15H17F3O4. The second-order valence-corrected chi connectivity index (χ2v) is 5.34. The fourth-order valence-electron chi connectivity index (χ4n) is 2.65. The van der Waals surface area contributed by atoms with Crippen LogP contribution in [-0.4, -0.2) is 25.3 Å². The van der Waals surface area contributed by atoms with Gasteiger partial charge in [0.1, 0.15) is 5.56 Å². The van der Waals surface area contributed by atoms with E-state index in [4.69, 9.17) is 14.6 Å². The quantitative estimate of drug-likeness (QED) is 0.869. The van der Waals surface area contributed by atoms with E-state index < -0.39 is 23.6 Å². The standard InChI is InChI=1S/C15H17F3O4/c1-21-12-6-9(10(7-13(19)20)8-3-4-8)5-11(14(12)22-2)15(16,17)18/h5-6,8,10H,3-4,7H2,1-2H3,(H,19,20). The van der Waals surface area contributed by atoms with Crippen molar-refractivity contribution >= 4 is 5.97 Å². The van der Waals surface area contributed by atoms with Crippen molar-refractivity contribution in [3.8, 4) is 11.5 Å². The Morgan fingerprint density at radius 2 is 1.95 bits per heavy atom. The zero-order valence-corrected chi connectivity index (χ0v) is 12.2. The average molecular weight is 318 g/mol. The second kappa shape index (κ2) is 6.06. The molecule has 1 atom stereocenters. The summed E-state index contributed by atoms with van der Waals surface area (Å²) < 4.78 is 49.5. The van der Waals surface area contributed by atoms with Gasteiger partial charge in [-0.15, -0.1) is 0 Å². The number of alkyl halides is 3. The van der Waals surface area contributed by atoms with Crippen LogP contribution in [0.3, 0.4) is 0 Å². The lowest BCUT2D eigenvalue weighted by atomic mass is 9.89. The van der Waals surface area contributed by atoms with Gasteiger partial charge in [0.25, 0.3) is 0 Å². The molecule has 1 aliphatic rings. The number of rotatable bonds is 6. The average Bonchev–Trinajstić information content (AvgIpc) is 3.26. The Bertz CT molecular complexity index is 565. The topological polar surface area (TPSA) is 55.8 Å². The van der Waals surface area contributed by atoms with Gasteiger partial charge < -0.3 is 14.6 Å². The van der Waals surface area contributed by atoms with Gasteiger partial charge in [0, 0.05) is 0 Å². The van der Waals surface area contributed by atoms with Crippen LogP contribution in [0.25, 0.3) is 0 Å². The van der Waals surface area contributed by atoms with Gasteiger partial charge in [-0.1, -0.05) is 0 Å². The smallest absolute Gasteiger partial charge is 0.420 e. The molecule has 1 unspecified atom stereocenters. The van der Waals surface area contributed by atoms with Crippen molar-refractivity contribution in [3.05, 3.63) is 23.3 Å². The molecule has 1 aliphatic carbocycles. The van der Waals surface area contributed by atoms with E-state index in [0.29, 0.717) is 5.56 Å². The molecule has 1 N–H and O–H groups in total. The fraction of sp³-hybridized carbons (Fsp3) is 0.533. The summed E-state index contributed by atoms with van der Waals surface area (Å²) in [5, 5.41) is 9.00. The second-order valence-electron chi connectivity index (χ2n) is 5.34. The molecule has 1 saturated carbocycles. The Balaban J connectivity index is 2.53. The van der Waals surface area contributed by atoms with Crippen LogP contribution >= 0.6 is 0 Å². The maximum absolute atomic E-state index is 13.2. The van der Waals surface area contributed by atoms with E-state index in [1.807, 2.05) is 0 Å². The van der Waals surface area contributed by atoms with E-state index in [2.05, 4.69) is 0 Å². The van der Waals surface area contributed by atoms with Gasteiger partial charge in [-0.2, -0.15) is 13.2 Å². The number of hydrogen-bond acceptors (Lipinski definition) is 3. The minimum absolute atomic E-state index is 0.0386. The summed E-state index contributed by atoms with van der Waals surface area (Å²) in [7, 11) is 2.40. The first-order valence-electron chi connectivity index (χ1n) is 6.82. The molecule has 0 saturated heterocycles. The van der Waals surface area contributed by atoms with Gasteiger partial charge in [0.05, 0.1) is 20.6 Å². The number of benzene rings is 1. The third-order valence-corrected chi connectivity index (χ3v) is 3.82. The van der Waals surface area contributed by atoms with Crippen molar-refractivity contribution in [2.75, 3.05) is 14.2 Å². The molecule has 0 heterocycles. The van der Waals surface area contributed by atoms with Gasteiger partial charge >= 0.3 is 12.1 Å². The van der Waals surface area contributed by atoms with Crippen molar-refractivity contribution in [2.45, 2.75) is 31.4 Å². The maximum Gasteiger partial charge on any atom is 0.420 e. The minimum Gasteiger partial charge on any atom is -0.493 e. The summed E-state index contributed by atoms with van der Waals surface area (Å²) in [5.41, 5.74) is -0.615. The Kier molecular flexibility index (Phi) is 4.53. The molecule has 122 valence electrons. The molecule has 0 aliphatic heterocycles. The van der Waals surface area contributed by atoms with Crippen LogP contribution in [-0.2, 0) is 11.0 Å². The molecule has 1 fully saturated rings. The highest BCUT2D eigenvalue weighted by molar-refractivity contribution is 5.68. The monoisotopic (exact) mass is 318 g/mol. The van der Waals surface area contributed by atoms with E-state index in [-0.39, 0.29) is 23.8 Å². The Labute approximate surface area is 125 Å². The molecule has 22 heavy (non-hydrogen) atoms. The highest BCUT2D eigenvalue weighted by Crippen LogP contribution is 2.49. The number of carboxylic acid groups (broad SMARTS) is 1. The summed E-state index contributed by atoms with van der Waals surface area (Å²) in [4.78, 5) is 11.0. The van der Waals surface area contributed by atoms with E-state index in [9.17, 15) is 18.0 Å². The van der Waals surface area contributed by atoms with Gasteiger partial charge in [0.2, 0.25) is 0 Å². The zero-order chi connectivity index (χ0) is 16.5. The molecule has 0 spiro atoms. The largest absolute Gasteiger partial charge is 0.493 e. The predicted octanol–water partition coefficient (Wildman–Crippen LogP) is 3.69. The maximum atomic E-state index is 13.2. The molecule has 0 amide bonds. The lowest BCUT2D eigenvalue weighted by Crippen LogP contribution is -2.13. The van der Waals surface area contributed by atoms with E-state index >= 15 is 0 Å². The fourth-order valence-corrected chi connectivity index (χ4v) is 2.65. The minimum atomic E-state index is -4.61. The first-order valence-corrected chi connectivity index (χ1v) is 6.82. The number of halogens is 3. The van der Waals surface area contributed by atoms with Crippen molar-refractivity contribution < 1.29 is 32.5 Å². The van der Waals surface area contributed by atoms with Crippen LogP contribution in [0.5, 0.6) is 11.5 Å². The van der Waals surface area contributed by atoms with E-state index in [0.717, 1.165) is 26.0 Å². The molecule has 0 radical (unpaired) electrons. The Morgan fingerprint density at radius 3 is 2.36 bits per heavy atom. The SMILES string of the molecule is COc1cc(C(CC(=O)O)C2CC2)cc(C(F)(F)F)c1OC. The first-order chi connectivity index (χ1) is 10.3. The highest BCUT2D eigenvalue weighted by atomic mass is 19.4. The van der Waals surface area contributed by atoms with Crippen LogP contribution in [0, 0.1) is 5.92 Å². The normalized spacial score (nSPS) is 16.2. The lowest BCUT2D eigenvalue weighted by molar-refractivity contribution is -0.139. The van der Waals surface area contributed by atoms with Crippen LogP contribution < -0.4 is 9.47 Å². The van der Waals surface area contributed by atoms with Crippen LogP contribution in [0.2, 0.25) is 0 Å². The molecule has 0 bridgehead atoms.